The molecular formula is C12H14FN5O. The molecule has 0 fully saturated rings. The van der Waals surface area contributed by atoms with Gasteiger partial charge in [0.2, 0.25) is 5.82 Å². The van der Waals surface area contributed by atoms with Gasteiger partial charge in [-0.15, -0.1) is 5.10 Å². The van der Waals surface area contributed by atoms with Crippen molar-refractivity contribution in [3.8, 4) is 0 Å². The maximum atomic E-state index is 13.5. The second-order valence-electron chi connectivity index (χ2n) is 4.05. The monoisotopic (exact) mass is 263 g/mol. The topological polar surface area (TPSA) is 96.7 Å². The highest BCUT2D eigenvalue weighted by Gasteiger charge is 2.14. The quantitative estimate of drug-likeness (QED) is 0.732. The molecule has 0 saturated heterocycles. The Labute approximate surface area is 109 Å². The second-order valence-corrected chi connectivity index (χ2v) is 4.05. The molecule has 2 aromatic rings. The van der Waals surface area contributed by atoms with E-state index in [0.29, 0.717) is 17.9 Å². The van der Waals surface area contributed by atoms with Gasteiger partial charge < -0.3 is 11.1 Å². The lowest BCUT2D eigenvalue weighted by Gasteiger charge is -2.04. The van der Waals surface area contributed by atoms with Crippen LogP contribution >= 0.6 is 0 Å². The lowest BCUT2D eigenvalue weighted by atomic mass is 10.2. The number of aromatic amines is 1. The lowest BCUT2D eigenvalue weighted by Crippen LogP contribution is -2.15. The number of carbonyl (C=O) groups is 1. The highest BCUT2D eigenvalue weighted by molar-refractivity contribution is 6.01. The van der Waals surface area contributed by atoms with Gasteiger partial charge in [0, 0.05) is 12.1 Å². The molecule has 0 aliphatic rings. The molecule has 7 heteroatoms. The molecule has 4 N–H and O–H groups in total. The number of benzene rings is 1. The van der Waals surface area contributed by atoms with E-state index in [2.05, 4.69) is 20.5 Å². The number of aromatic nitrogens is 3. The van der Waals surface area contributed by atoms with E-state index in [-0.39, 0.29) is 11.5 Å². The van der Waals surface area contributed by atoms with Crippen molar-refractivity contribution in [3.63, 3.8) is 0 Å². The molecule has 1 aromatic heterocycles. The van der Waals surface area contributed by atoms with Crippen LogP contribution in [0.3, 0.4) is 0 Å². The number of hydrogen-bond acceptors (Lipinski definition) is 4. The number of aryl methyl sites for hydroxylation is 1. The zero-order valence-corrected chi connectivity index (χ0v) is 10.4. The van der Waals surface area contributed by atoms with Crippen LogP contribution in [-0.4, -0.2) is 21.1 Å². The van der Waals surface area contributed by atoms with Gasteiger partial charge in [0.15, 0.2) is 0 Å². The molecule has 0 saturated carbocycles. The van der Waals surface area contributed by atoms with Gasteiger partial charge in [-0.2, -0.15) is 0 Å². The number of halogens is 1. The largest absolute Gasteiger partial charge is 0.399 e. The van der Waals surface area contributed by atoms with Crippen LogP contribution in [0.2, 0.25) is 0 Å². The lowest BCUT2D eigenvalue weighted by molar-refractivity contribution is 0.101. The fourth-order valence-electron chi connectivity index (χ4n) is 1.56. The normalized spacial score (nSPS) is 10.4. The molecule has 0 aliphatic heterocycles. The third-order valence-corrected chi connectivity index (χ3v) is 2.46. The summed E-state index contributed by atoms with van der Waals surface area (Å²) in [7, 11) is 0. The maximum absolute atomic E-state index is 13.5. The second kappa shape index (κ2) is 5.47. The summed E-state index contributed by atoms with van der Waals surface area (Å²) >= 11 is 0. The number of hydrogen-bond donors (Lipinski definition) is 3. The Kier molecular flexibility index (Phi) is 3.74. The molecular weight excluding hydrogens is 249 g/mol. The number of H-pyrrole nitrogens is 1. The Bertz CT molecular complexity index is 596. The van der Waals surface area contributed by atoms with Crippen molar-refractivity contribution >= 4 is 17.3 Å². The SMILES string of the molecule is CCCc1nc(C(=O)Nc2cc(N)ccc2F)n[nH]1. The number of nitrogens with two attached hydrogens (primary N) is 1. The van der Waals surface area contributed by atoms with Crippen LogP contribution in [0.5, 0.6) is 0 Å². The number of rotatable bonds is 4. The molecule has 0 atom stereocenters. The summed E-state index contributed by atoms with van der Waals surface area (Å²) in [4.78, 5) is 15.8. The molecule has 100 valence electrons. The van der Waals surface area contributed by atoms with Gasteiger partial charge in [-0.05, 0) is 24.6 Å². The van der Waals surface area contributed by atoms with E-state index >= 15 is 0 Å². The summed E-state index contributed by atoms with van der Waals surface area (Å²) in [5.41, 5.74) is 5.90. The minimum Gasteiger partial charge on any atom is -0.399 e. The smallest absolute Gasteiger partial charge is 0.295 e. The molecule has 0 aliphatic carbocycles. The number of nitrogen functional groups attached to an aromatic ring is 1. The summed E-state index contributed by atoms with van der Waals surface area (Å²) < 4.78 is 13.5. The van der Waals surface area contributed by atoms with Crippen molar-refractivity contribution in [3.05, 3.63) is 35.7 Å². The summed E-state index contributed by atoms with van der Waals surface area (Å²) in [6.07, 6.45) is 1.59. The summed E-state index contributed by atoms with van der Waals surface area (Å²) in [5, 5.41) is 8.82. The molecule has 6 nitrogen and oxygen atoms in total. The first-order valence-electron chi connectivity index (χ1n) is 5.87. The van der Waals surface area contributed by atoms with E-state index < -0.39 is 11.7 Å². The summed E-state index contributed by atoms with van der Waals surface area (Å²) in [5.74, 6) is -0.541. The number of anilines is 2. The van der Waals surface area contributed by atoms with Gasteiger partial charge >= 0.3 is 0 Å². The van der Waals surface area contributed by atoms with Crippen molar-refractivity contribution in [2.24, 2.45) is 0 Å². The Morgan fingerprint density at radius 3 is 3.05 bits per heavy atom. The van der Waals surface area contributed by atoms with E-state index in [0.717, 1.165) is 6.42 Å². The number of nitrogens with zero attached hydrogens (tertiary/aromatic N) is 2. The molecule has 1 amide bonds. The Morgan fingerprint density at radius 1 is 1.53 bits per heavy atom. The predicted octanol–water partition coefficient (Wildman–Crippen LogP) is 1.73. The van der Waals surface area contributed by atoms with Crippen molar-refractivity contribution < 1.29 is 9.18 Å². The first kappa shape index (κ1) is 13.0. The fourth-order valence-corrected chi connectivity index (χ4v) is 1.56. The Hall–Kier alpha value is -2.44. The van der Waals surface area contributed by atoms with Crippen LogP contribution in [0.1, 0.15) is 29.8 Å². The predicted molar refractivity (Wildman–Crippen MR) is 69.1 cm³/mol. The Balaban J connectivity index is 2.13. The Morgan fingerprint density at radius 2 is 2.32 bits per heavy atom. The molecule has 0 spiro atoms. The van der Waals surface area contributed by atoms with Gasteiger partial charge in [0.05, 0.1) is 5.69 Å². The molecule has 1 aromatic carbocycles. The summed E-state index contributed by atoms with van der Waals surface area (Å²) in [6.45, 7) is 1.99. The van der Waals surface area contributed by atoms with Crippen LogP contribution in [0, 0.1) is 5.82 Å². The fraction of sp³-hybridized carbons (Fsp3) is 0.250. The molecule has 0 bridgehead atoms. The van der Waals surface area contributed by atoms with Gasteiger partial charge in [-0.1, -0.05) is 6.92 Å². The van der Waals surface area contributed by atoms with Gasteiger partial charge in [0.25, 0.3) is 5.91 Å². The van der Waals surface area contributed by atoms with E-state index in [9.17, 15) is 9.18 Å². The van der Waals surface area contributed by atoms with Gasteiger partial charge in [0.1, 0.15) is 11.6 Å². The van der Waals surface area contributed by atoms with Gasteiger partial charge in [-0.3, -0.25) is 9.89 Å². The number of amides is 1. The van der Waals surface area contributed by atoms with Crippen LogP contribution in [0.4, 0.5) is 15.8 Å². The third kappa shape index (κ3) is 3.06. The van der Waals surface area contributed by atoms with E-state index in [1.165, 1.54) is 18.2 Å². The van der Waals surface area contributed by atoms with Crippen molar-refractivity contribution in [2.45, 2.75) is 19.8 Å². The maximum Gasteiger partial charge on any atom is 0.295 e. The average Bonchev–Trinajstić information content (AvgIpc) is 2.83. The zero-order valence-electron chi connectivity index (χ0n) is 10.4. The van der Waals surface area contributed by atoms with E-state index in [1.807, 2.05) is 6.92 Å². The molecule has 1 heterocycles. The minimum absolute atomic E-state index is 0.00633. The molecule has 0 unspecified atom stereocenters. The third-order valence-electron chi connectivity index (χ3n) is 2.46. The average molecular weight is 263 g/mol. The highest BCUT2D eigenvalue weighted by atomic mass is 19.1. The minimum atomic E-state index is -0.580. The zero-order chi connectivity index (χ0) is 13.8. The number of nitrogens with one attached hydrogen (secondary N) is 2. The first-order valence-corrected chi connectivity index (χ1v) is 5.87. The van der Waals surface area contributed by atoms with Crippen LogP contribution < -0.4 is 11.1 Å². The van der Waals surface area contributed by atoms with Crippen molar-refractivity contribution in [1.82, 2.24) is 15.2 Å². The molecule has 19 heavy (non-hydrogen) atoms. The highest BCUT2D eigenvalue weighted by Crippen LogP contribution is 2.17. The van der Waals surface area contributed by atoms with E-state index in [1.54, 1.807) is 0 Å². The van der Waals surface area contributed by atoms with Gasteiger partial charge in [-0.25, -0.2) is 9.37 Å². The van der Waals surface area contributed by atoms with Crippen molar-refractivity contribution in [1.29, 1.82) is 0 Å². The molecule has 0 radical (unpaired) electrons. The van der Waals surface area contributed by atoms with Crippen LogP contribution in [-0.2, 0) is 6.42 Å². The van der Waals surface area contributed by atoms with E-state index in [4.69, 9.17) is 5.73 Å². The first-order chi connectivity index (χ1) is 9.10. The summed E-state index contributed by atoms with van der Waals surface area (Å²) in [6, 6.07) is 3.94. The van der Waals surface area contributed by atoms with Crippen LogP contribution in [0.15, 0.2) is 18.2 Å². The standard InChI is InChI=1S/C12H14FN5O/c1-2-3-10-16-11(18-17-10)12(19)15-9-6-7(14)4-5-8(9)13/h4-6H,2-3,14H2,1H3,(H,15,19)(H,16,17,18). The molecule has 2 rings (SSSR count). The number of carbonyl (C=O) groups excluding carboxylic acids is 1. The van der Waals surface area contributed by atoms with Crippen LogP contribution in [0.25, 0.3) is 0 Å². The van der Waals surface area contributed by atoms with Crippen molar-refractivity contribution in [2.75, 3.05) is 11.1 Å².